The highest BCUT2D eigenvalue weighted by Gasteiger charge is 2.20. The van der Waals surface area contributed by atoms with E-state index in [-0.39, 0.29) is 18.0 Å². The molecule has 0 spiro atoms. The van der Waals surface area contributed by atoms with Crippen molar-refractivity contribution in [3.8, 4) is 0 Å². The van der Waals surface area contributed by atoms with E-state index >= 15 is 0 Å². The van der Waals surface area contributed by atoms with Gasteiger partial charge in [-0.1, -0.05) is 12.2 Å². The molecule has 0 fully saturated rings. The molecule has 0 saturated heterocycles. The molecule has 0 unspecified atom stereocenters. The maximum absolute atomic E-state index is 11.3. The Labute approximate surface area is 94.3 Å². The van der Waals surface area contributed by atoms with Crippen molar-refractivity contribution in [2.45, 2.75) is 38.5 Å². The van der Waals surface area contributed by atoms with Crippen molar-refractivity contribution in [2.75, 3.05) is 0 Å². The van der Waals surface area contributed by atoms with Crippen LogP contribution in [0.1, 0.15) is 38.5 Å². The molecule has 2 N–H and O–H groups in total. The van der Waals surface area contributed by atoms with Gasteiger partial charge in [-0.3, -0.25) is 9.59 Å². The number of allylic oxidation sites excluding steroid dienone is 4. The summed E-state index contributed by atoms with van der Waals surface area (Å²) in [6, 6.07) is 0. The van der Waals surface area contributed by atoms with Crippen LogP contribution in [-0.4, -0.2) is 22.0 Å². The topological polar surface area (TPSA) is 74.6 Å². The second-order valence-electron chi connectivity index (χ2n) is 3.81. The van der Waals surface area contributed by atoms with Gasteiger partial charge in [0.15, 0.2) is 5.78 Å². The second-order valence-corrected chi connectivity index (χ2v) is 3.81. The lowest BCUT2D eigenvalue weighted by molar-refractivity contribution is -0.137. The maximum atomic E-state index is 11.3. The number of hydrogen-bond donors (Lipinski definition) is 2. The summed E-state index contributed by atoms with van der Waals surface area (Å²) in [5, 5.41) is 17.8. The minimum absolute atomic E-state index is 0.0210. The fraction of sp³-hybridized carbons (Fsp3) is 0.500. The van der Waals surface area contributed by atoms with Crippen LogP contribution >= 0.6 is 0 Å². The summed E-state index contributed by atoms with van der Waals surface area (Å²) >= 11 is 0. The molecule has 0 saturated carbocycles. The first-order valence-corrected chi connectivity index (χ1v) is 5.42. The fourth-order valence-electron chi connectivity index (χ4n) is 1.62. The van der Waals surface area contributed by atoms with E-state index in [1.54, 1.807) is 0 Å². The Hall–Kier alpha value is -1.58. The average Bonchev–Trinajstić information content (AvgIpc) is 2.53. The van der Waals surface area contributed by atoms with Crippen LogP contribution in [0.4, 0.5) is 0 Å². The monoisotopic (exact) mass is 224 g/mol. The van der Waals surface area contributed by atoms with Gasteiger partial charge in [-0.2, -0.15) is 0 Å². The number of carbonyl (C=O) groups is 2. The SMILES string of the molecule is O=C(O)CCCC=CCC1=C(O)CCC1=O. The van der Waals surface area contributed by atoms with Crippen LogP contribution < -0.4 is 0 Å². The minimum Gasteiger partial charge on any atom is -0.512 e. The second kappa shape index (κ2) is 6.10. The maximum Gasteiger partial charge on any atom is 0.303 e. The highest BCUT2D eigenvalue weighted by molar-refractivity contribution is 5.98. The van der Waals surface area contributed by atoms with Crippen LogP contribution in [0.3, 0.4) is 0 Å². The molecule has 0 amide bonds. The third kappa shape index (κ3) is 3.88. The summed E-state index contributed by atoms with van der Waals surface area (Å²) in [6.45, 7) is 0. The molecule has 1 rings (SSSR count). The predicted octanol–water partition coefficient (Wildman–Crippen LogP) is 2.36. The largest absolute Gasteiger partial charge is 0.512 e. The number of Topliss-reactive ketones (excluding diaryl/α,β-unsaturated/α-hetero) is 1. The molecule has 4 nitrogen and oxygen atoms in total. The smallest absolute Gasteiger partial charge is 0.303 e. The van der Waals surface area contributed by atoms with Crippen molar-refractivity contribution in [1.29, 1.82) is 0 Å². The van der Waals surface area contributed by atoms with Crippen molar-refractivity contribution in [1.82, 2.24) is 0 Å². The average molecular weight is 224 g/mol. The molecule has 0 aromatic rings. The summed E-state index contributed by atoms with van der Waals surface area (Å²) in [5.74, 6) is -0.562. The summed E-state index contributed by atoms with van der Waals surface area (Å²) < 4.78 is 0. The Bertz CT molecular complexity index is 339. The van der Waals surface area contributed by atoms with Crippen molar-refractivity contribution in [2.24, 2.45) is 0 Å². The molecular formula is C12H16O4. The van der Waals surface area contributed by atoms with Gasteiger partial charge in [-0.25, -0.2) is 0 Å². The van der Waals surface area contributed by atoms with Crippen LogP contribution in [0.2, 0.25) is 0 Å². The number of aliphatic hydroxyl groups excluding tert-OH is 1. The van der Waals surface area contributed by atoms with Crippen LogP contribution in [0.5, 0.6) is 0 Å². The van der Waals surface area contributed by atoms with Crippen molar-refractivity contribution >= 4 is 11.8 Å². The van der Waals surface area contributed by atoms with Crippen LogP contribution in [-0.2, 0) is 9.59 Å². The lowest BCUT2D eigenvalue weighted by Gasteiger charge is -1.96. The standard InChI is InChI=1S/C12H16O4/c13-10-7-8-11(14)9(10)5-3-1-2-4-6-12(15)16/h1,3,13H,2,4-8H2,(H,15,16). The van der Waals surface area contributed by atoms with Crippen molar-refractivity contribution in [3.63, 3.8) is 0 Å². The van der Waals surface area contributed by atoms with Gasteiger partial charge in [-0.15, -0.1) is 0 Å². The van der Waals surface area contributed by atoms with E-state index in [0.717, 1.165) is 0 Å². The van der Waals surface area contributed by atoms with Gasteiger partial charge >= 0.3 is 5.97 Å². The van der Waals surface area contributed by atoms with Gasteiger partial charge < -0.3 is 10.2 Å². The Kier molecular flexibility index (Phi) is 4.76. The fourth-order valence-corrected chi connectivity index (χ4v) is 1.62. The third-order valence-electron chi connectivity index (χ3n) is 2.52. The molecule has 4 heteroatoms. The molecule has 0 aromatic heterocycles. The summed E-state index contributed by atoms with van der Waals surface area (Å²) in [5.41, 5.74) is 0.509. The third-order valence-corrected chi connectivity index (χ3v) is 2.52. The number of hydrogen-bond acceptors (Lipinski definition) is 3. The first-order chi connectivity index (χ1) is 7.61. The molecule has 1 aliphatic carbocycles. The van der Waals surface area contributed by atoms with E-state index in [1.807, 2.05) is 12.2 Å². The number of aliphatic hydroxyl groups is 1. The Morgan fingerprint density at radius 3 is 2.62 bits per heavy atom. The molecule has 0 atom stereocenters. The number of carboxylic acid groups (broad SMARTS) is 1. The van der Waals surface area contributed by atoms with Crippen LogP contribution in [0, 0.1) is 0 Å². The number of carboxylic acids is 1. The zero-order valence-corrected chi connectivity index (χ0v) is 9.11. The van der Waals surface area contributed by atoms with E-state index in [9.17, 15) is 14.7 Å². The lowest BCUT2D eigenvalue weighted by Crippen LogP contribution is -1.95. The Morgan fingerprint density at radius 2 is 2.06 bits per heavy atom. The molecule has 0 aromatic carbocycles. The minimum atomic E-state index is -0.792. The van der Waals surface area contributed by atoms with Crippen molar-refractivity contribution < 1.29 is 19.8 Å². The summed E-state index contributed by atoms with van der Waals surface area (Å²) in [7, 11) is 0. The van der Waals surface area contributed by atoms with E-state index in [1.165, 1.54) is 0 Å². The highest BCUT2D eigenvalue weighted by atomic mass is 16.4. The van der Waals surface area contributed by atoms with Crippen LogP contribution in [0.25, 0.3) is 0 Å². The van der Waals surface area contributed by atoms with E-state index in [0.29, 0.717) is 37.7 Å². The van der Waals surface area contributed by atoms with Gasteiger partial charge in [0.25, 0.3) is 0 Å². The van der Waals surface area contributed by atoms with Crippen molar-refractivity contribution in [3.05, 3.63) is 23.5 Å². The summed E-state index contributed by atoms with van der Waals surface area (Å²) in [6.07, 6.45) is 6.45. The van der Waals surface area contributed by atoms with Gasteiger partial charge in [-0.05, 0) is 19.3 Å². The lowest BCUT2D eigenvalue weighted by atomic mass is 10.1. The molecule has 0 heterocycles. The molecule has 0 bridgehead atoms. The zero-order chi connectivity index (χ0) is 12.0. The molecule has 88 valence electrons. The number of aliphatic carboxylic acids is 1. The number of unbranched alkanes of at least 4 members (excludes halogenated alkanes) is 1. The first-order valence-electron chi connectivity index (χ1n) is 5.42. The zero-order valence-electron chi connectivity index (χ0n) is 9.11. The van der Waals surface area contributed by atoms with Crippen LogP contribution in [0.15, 0.2) is 23.5 Å². The number of ketones is 1. The van der Waals surface area contributed by atoms with E-state index in [2.05, 4.69) is 0 Å². The Morgan fingerprint density at radius 1 is 1.31 bits per heavy atom. The molecule has 0 aliphatic heterocycles. The number of carbonyl (C=O) groups excluding carboxylic acids is 1. The van der Waals surface area contributed by atoms with Gasteiger partial charge in [0.2, 0.25) is 0 Å². The first kappa shape index (κ1) is 12.5. The summed E-state index contributed by atoms with van der Waals surface area (Å²) in [4.78, 5) is 21.5. The molecule has 0 radical (unpaired) electrons. The molecule has 1 aliphatic rings. The quantitative estimate of drug-likeness (QED) is 0.536. The Balaban J connectivity index is 2.24. The van der Waals surface area contributed by atoms with E-state index in [4.69, 9.17) is 5.11 Å². The normalized spacial score (nSPS) is 16.4. The van der Waals surface area contributed by atoms with Gasteiger partial charge in [0, 0.05) is 24.8 Å². The molecule has 16 heavy (non-hydrogen) atoms. The molecular weight excluding hydrogens is 208 g/mol. The van der Waals surface area contributed by atoms with E-state index < -0.39 is 5.97 Å². The predicted molar refractivity (Wildman–Crippen MR) is 59.1 cm³/mol. The number of rotatable bonds is 6. The van der Waals surface area contributed by atoms with Gasteiger partial charge in [0.05, 0.1) is 5.76 Å². The highest BCUT2D eigenvalue weighted by Crippen LogP contribution is 2.23. The van der Waals surface area contributed by atoms with Gasteiger partial charge in [0.1, 0.15) is 0 Å².